The van der Waals surface area contributed by atoms with Gasteiger partial charge >= 0.3 is 6.09 Å². The number of amides is 1. The Morgan fingerprint density at radius 1 is 1.38 bits per heavy atom. The van der Waals surface area contributed by atoms with Gasteiger partial charge in [-0.1, -0.05) is 0 Å². The maximum atomic E-state index is 11.9. The zero-order valence-electron chi connectivity index (χ0n) is 10.4. The van der Waals surface area contributed by atoms with Crippen molar-refractivity contribution in [1.29, 1.82) is 0 Å². The molecule has 4 nitrogen and oxygen atoms in total. The summed E-state index contributed by atoms with van der Waals surface area (Å²) < 4.78 is 11.0. The van der Waals surface area contributed by atoms with E-state index in [-0.39, 0.29) is 12.2 Å². The Hall–Kier alpha value is -0.770. The highest BCUT2D eigenvalue weighted by atomic mass is 16.6. The molecule has 2 rings (SSSR count). The lowest BCUT2D eigenvalue weighted by atomic mass is 9.98. The number of fused-ring (bicyclic) bond motifs is 1. The molecule has 2 atom stereocenters. The first-order valence-electron chi connectivity index (χ1n) is 6.05. The maximum absolute atomic E-state index is 11.9. The smallest absolute Gasteiger partial charge is 0.410 e. The first-order chi connectivity index (χ1) is 7.46. The summed E-state index contributed by atoms with van der Waals surface area (Å²) in [6.07, 6.45) is 2.32. The Morgan fingerprint density at radius 3 is 2.75 bits per heavy atom. The van der Waals surface area contributed by atoms with Crippen LogP contribution < -0.4 is 0 Å². The van der Waals surface area contributed by atoms with Crippen molar-refractivity contribution in [3.8, 4) is 0 Å². The fourth-order valence-electron chi connectivity index (χ4n) is 2.36. The van der Waals surface area contributed by atoms with Crippen LogP contribution >= 0.6 is 0 Å². The van der Waals surface area contributed by atoms with Gasteiger partial charge in [-0.15, -0.1) is 0 Å². The molecule has 2 fully saturated rings. The predicted molar refractivity (Wildman–Crippen MR) is 60.3 cm³/mol. The molecule has 1 amide bonds. The van der Waals surface area contributed by atoms with Gasteiger partial charge in [-0.3, -0.25) is 0 Å². The summed E-state index contributed by atoms with van der Waals surface area (Å²) in [7, 11) is 0. The van der Waals surface area contributed by atoms with Crippen LogP contribution in [0.15, 0.2) is 0 Å². The van der Waals surface area contributed by atoms with E-state index >= 15 is 0 Å². The zero-order valence-corrected chi connectivity index (χ0v) is 10.4. The van der Waals surface area contributed by atoms with Gasteiger partial charge in [0, 0.05) is 19.1 Å². The number of hydrogen-bond acceptors (Lipinski definition) is 3. The standard InChI is InChI=1S/C12H21NO3/c1-12(2,3)16-11(14)13-7-9-5-4-6-15-10(9)8-13/h9-10H,4-8H2,1-3H3. The van der Waals surface area contributed by atoms with Gasteiger partial charge in [0.05, 0.1) is 12.6 Å². The Balaban J connectivity index is 1.90. The second-order valence-corrected chi connectivity index (χ2v) is 5.70. The third-order valence-corrected chi connectivity index (χ3v) is 3.08. The molecule has 0 aromatic rings. The van der Waals surface area contributed by atoms with E-state index in [2.05, 4.69) is 0 Å². The number of rotatable bonds is 0. The summed E-state index contributed by atoms with van der Waals surface area (Å²) in [5.74, 6) is 0.515. The van der Waals surface area contributed by atoms with Crippen molar-refractivity contribution in [2.24, 2.45) is 5.92 Å². The van der Waals surface area contributed by atoms with Crippen LogP contribution in [-0.4, -0.2) is 42.4 Å². The molecule has 2 saturated heterocycles. The molecule has 92 valence electrons. The quantitative estimate of drug-likeness (QED) is 0.635. The minimum absolute atomic E-state index is 0.203. The van der Waals surface area contributed by atoms with Crippen LogP contribution in [0.3, 0.4) is 0 Å². The van der Waals surface area contributed by atoms with E-state index in [4.69, 9.17) is 9.47 Å². The molecule has 2 aliphatic rings. The fourth-order valence-corrected chi connectivity index (χ4v) is 2.36. The van der Waals surface area contributed by atoms with Crippen molar-refractivity contribution < 1.29 is 14.3 Å². The average molecular weight is 227 g/mol. The molecule has 2 unspecified atom stereocenters. The maximum Gasteiger partial charge on any atom is 0.410 e. The molecule has 0 saturated carbocycles. The lowest BCUT2D eigenvalue weighted by molar-refractivity contribution is -0.00346. The molecule has 0 N–H and O–H groups in total. The van der Waals surface area contributed by atoms with Gasteiger partial charge in [0.2, 0.25) is 0 Å². The van der Waals surface area contributed by atoms with Crippen LogP contribution in [0.2, 0.25) is 0 Å². The third kappa shape index (κ3) is 2.67. The van der Waals surface area contributed by atoms with Crippen molar-refractivity contribution in [2.45, 2.75) is 45.3 Å². The van der Waals surface area contributed by atoms with Gasteiger partial charge in [-0.25, -0.2) is 4.79 Å². The third-order valence-electron chi connectivity index (χ3n) is 3.08. The van der Waals surface area contributed by atoms with Gasteiger partial charge < -0.3 is 14.4 Å². The normalized spacial score (nSPS) is 30.1. The van der Waals surface area contributed by atoms with E-state index in [0.29, 0.717) is 12.5 Å². The van der Waals surface area contributed by atoms with Crippen molar-refractivity contribution in [1.82, 2.24) is 4.90 Å². The lowest BCUT2D eigenvalue weighted by Gasteiger charge is -2.24. The van der Waals surface area contributed by atoms with E-state index in [0.717, 1.165) is 19.6 Å². The molecule has 2 heterocycles. The number of hydrogen-bond donors (Lipinski definition) is 0. The van der Waals surface area contributed by atoms with Crippen molar-refractivity contribution in [2.75, 3.05) is 19.7 Å². The molecule has 2 aliphatic heterocycles. The molecular formula is C12H21NO3. The van der Waals surface area contributed by atoms with Crippen LogP contribution in [0.1, 0.15) is 33.6 Å². The molecule has 16 heavy (non-hydrogen) atoms. The Labute approximate surface area is 96.9 Å². The highest BCUT2D eigenvalue weighted by molar-refractivity contribution is 5.68. The Morgan fingerprint density at radius 2 is 2.12 bits per heavy atom. The lowest BCUT2D eigenvalue weighted by Crippen LogP contribution is -2.36. The fraction of sp³-hybridized carbons (Fsp3) is 0.917. The van der Waals surface area contributed by atoms with Gasteiger partial charge in [0.25, 0.3) is 0 Å². The topological polar surface area (TPSA) is 38.8 Å². The summed E-state index contributed by atoms with van der Waals surface area (Å²) in [6.45, 7) is 8.00. The minimum Gasteiger partial charge on any atom is -0.444 e. The zero-order chi connectivity index (χ0) is 11.8. The number of likely N-dealkylation sites (tertiary alicyclic amines) is 1. The van der Waals surface area contributed by atoms with E-state index in [9.17, 15) is 4.79 Å². The number of ether oxygens (including phenoxy) is 2. The van der Waals surface area contributed by atoms with Crippen molar-refractivity contribution in [3.63, 3.8) is 0 Å². The molecule has 0 radical (unpaired) electrons. The number of carbonyl (C=O) groups is 1. The molecule has 4 heteroatoms. The van der Waals surface area contributed by atoms with E-state index < -0.39 is 5.60 Å². The van der Waals surface area contributed by atoms with Crippen LogP contribution in [0, 0.1) is 5.92 Å². The number of nitrogens with zero attached hydrogens (tertiary/aromatic N) is 1. The van der Waals surface area contributed by atoms with Crippen LogP contribution in [-0.2, 0) is 9.47 Å². The molecule has 0 spiro atoms. The van der Waals surface area contributed by atoms with Crippen LogP contribution in [0.25, 0.3) is 0 Å². The summed E-state index contributed by atoms with van der Waals surface area (Å²) in [6, 6.07) is 0. The highest BCUT2D eigenvalue weighted by Gasteiger charge is 2.38. The first-order valence-corrected chi connectivity index (χ1v) is 6.05. The summed E-state index contributed by atoms with van der Waals surface area (Å²) >= 11 is 0. The average Bonchev–Trinajstić information content (AvgIpc) is 2.58. The molecule has 0 aromatic heterocycles. The van der Waals surface area contributed by atoms with E-state index in [1.807, 2.05) is 20.8 Å². The van der Waals surface area contributed by atoms with Gasteiger partial charge in [-0.05, 0) is 33.6 Å². The van der Waals surface area contributed by atoms with Gasteiger partial charge in [-0.2, -0.15) is 0 Å². The van der Waals surface area contributed by atoms with Crippen molar-refractivity contribution in [3.05, 3.63) is 0 Å². The SMILES string of the molecule is CC(C)(C)OC(=O)N1CC2CCCOC2C1. The molecule has 0 bridgehead atoms. The molecule has 0 aliphatic carbocycles. The monoisotopic (exact) mass is 227 g/mol. The Bertz CT molecular complexity index is 258. The van der Waals surface area contributed by atoms with Gasteiger partial charge in [0.1, 0.15) is 5.60 Å². The summed E-state index contributed by atoms with van der Waals surface area (Å²) in [5, 5.41) is 0. The van der Waals surface area contributed by atoms with Crippen LogP contribution in [0.5, 0.6) is 0 Å². The highest BCUT2D eigenvalue weighted by Crippen LogP contribution is 2.29. The second kappa shape index (κ2) is 4.24. The summed E-state index contributed by atoms with van der Waals surface area (Å²) in [4.78, 5) is 13.6. The molecule has 0 aromatic carbocycles. The molecular weight excluding hydrogens is 206 g/mol. The first kappa shape index (κ1) is 11.7. The summed E-state index contributed by atoms with van der Waals surface area (Å²) in [5.41, 5.74) is -0.411. The largest absolute Gasteiger partial charge is 0.444 e. The van der Waals surface area contributed by atoms with E-state index in [1.54, 1.807) is 4.90 Å². The second-order valence-electron chi connectivity index (χ2n) is 5.70. The predicted octanol–water partition coefficient (Wildman–Crippen LogP) is 2.03. The van der Waals surface area contributed by atoms with E-state index in [1.165, 1.54) is 6.42 Å². The van der Waals surface area contributed by atoms with Crippen molar-refractivity contribution >= 4 is 6.09 Å². The minimum atomic E-state index is -0.411. The Kier molecular flexibility index (Phi) is 3.10. The van der Waals surface area contributed by atoms with Gasteiger partial charge in [0.15, 0.2) is 0 Å². The van der Waals surface area contributed by atoms with Crippen LogP contribution in [0.4, 0.5) is 4.79 Å². The number of carbonyl (C=O) groups excluding carboxylic acids is 1.